The number of nitrogens with zero attached hydrogens (tertiary/aromatic N) is 1. The van der Waals surface area contributed by atoms with Crippen LogP contribution in [0.3, 0.4) is 0 Å². The summed E-state index contributed by atoms with van der Waals surface area (Å²) < 4.78 is 6.37. The van der Waals surface area contributed by atoms with E-state index in [0.29, 0.717) is 30.8 Å². The van der Waals surface area contributed by atoms with Gasteiger partial charge in [0.2, 0.25) is 0 Å². The van der Waals surface area contributed by atoms with E-state index in [-0.39, 0.29) is 39.0 Å². The summed E-state index contributed by atoms with van der Waals surface area (Å²) >= 11 is 0. The van der Waals surface area contributed by atoms with Gasteiger partial charge in [-0.25, -0.2) is 0 Å². The Balaban J connectivity index is 1.32. The van der Waals surface area contributed by atoms with Crippen molar-refractivity contribution in [3.8, 4) is 0 Å². The fourth-order valence-electron chi connectivity index (χ4n) is 13.2. The number of benzene rings is 2. The van der Waals surface area contributed by atoms with E-state index in [4.69, 9.17) is 16.2 Å². The molecule has 0 bridgehead atoms. The zero-order valence-corrected chi connectivity index (χ0v) is 32.1. The lowest BCUT2D eigenvalue weighted by Crippen LogP contribution is -2.65. The summed E-state index contributed by atoms with van der Waals surface area (Å²) in [5, 5.41) is 7.95. The molecule has 3 saturated carbocycles. The number of esters is 1. The molecule has 0 amide bonds. The highest BCUT2D eigenvalue weighted by Crippen LogP contribution is 2.77. The molecule has 3 fully saturated rings. The molecule has 1 heterocycles. The molecule has 0 radical (unpaired) electrons. The van der Waals surface area contributed by atoms with Gasteiger partial charge >= 0.3 is 5.97 Å². The summed E-state index contributed by atoms with van der Waals surface area (Å²) in [5.41, 5.74) is 21.5. The van der Waals surface area contributed by atoms with Crippen LogP contribution in [0.4, 0.5) is 5.82 Å². The molecule has 0 spiro atoms. The fourth-order valence-corrected chi connectivity index (χ4v) is 13.2. The van der Waals surface area contributed by atoms with E-state index in [9.17, 15) is 4.79 Å². The summed E-state index contributed by atoms with van der Waals surface area (Å²) in [6.07, 6.45) is 9.10. The fraction of sp³-hybridized carbons (Fsp3) is 0.600. The van der Waals surface area contributed by atoms with Crippen LogP contribution >= 0.6 is 0 Å². The number of nitrogens with one attached hydrogen (secondary N) is 1. The van der Waals surface area contributed by atoms with Crippen molar-refractivity contribution in [2.75, 3.05) is 5.73 Å². The highest BCUT2D eigenvalue weighted by atomic mass is 16.5. The quantitative estimate of drug-likeness (QED) is 0.232. The third-order valence-electron chi connectivity index (χ3n) is 16.1. The number of allylic oxidation sites excluding steroid dienone is 2. The summed E-state index contributed by atoms with van der Waals surface area (Å²) in [6, 6.07) is 19.2. The summed E-state index contributed by atoms with van der Waals surface area (Å²) in [4.78, 5) is 14.8. The van der Waals surface area contributed by atoms with Crippen molar-refractivity contribution < 1.29 is 9.53 Å². The average Bonchev–Trinajstić information content (AvgIpc) is 3.47. The first-order chi connectivity index (χ1) is 24.1. The van der Waals surface area contributed by atoms with E-state index in [1.165, 1.54) is 35.2 Å². The van der Waals surface area contributed by atoms with Gasteiger partial charge in [-0.05, 0) is 119 Å². The minimum Gasteiger partial charge on any atom is -0.460 e. The van der Waals surface area contributed by atoms with Gasteiger partial charge in [0.05, 0.1) is 5.41 Å². The SMILES string of the molecule is CC1(C)CC[C@]2(C(=O)OCc3ccccc3)CC[C@]3(C)C(=C(c4cccc(CN)c4)CC4[C@@]5(C)Cc6c(N)n[nH]c6C(C)(C)C5CC[C@]43C)C2C1. The van der Waals surface area contributed by atoms with Crippen molar-refractivity contribution in [3.05, 3.63) is 88.1 Å². The Morgan fingerprint density at radius 2 is 1.63 bits per heavy atom. The van der Waals surface area contributed by atoms with E-state index in [2.05, 4.69) is 95.1 Å². The van der Waals surface area contributed by atoms with E-state index >= 15 is 0 Å². The van der Waals surface area contributed by atoms with Crippen LogP contribution in [0.2, 0.25) is 0 Å². The third-order valence-corrected chi connectivity index (χ3v) is 16.1. The molecule has 0 aliphatic heterocycles. The van der Waals surface area contributed by atoms with Crippen LogP contribution in [0.1, 0.15) is 128 Å². The van der Waals surface area contributed by atoms with Crippen molar-refractivity contribution in [1.29, 1.82) is 0 Å². The number of hydrogen-bond acceptors (Lipinski definition) is 5. The molecule has 8 rings (SSSR count). The number of fused-ring (bicyclic) bond motifs is 8. The molecule has 6 nitrogen and oxygen atoms in total. The van der Waals surface area contributed by atoms with E-state index in [1.807, 2.05) is 18.2 Å². The molecule has 6 heteroatoms. The molecule has 3 unspecified atom stereocenters. The molecule has 5 N–H and O–H groups in total. The molecule has 1 aromatic heterocycles. The van der Waals surface area contributed by atoms with Crippen molar-refractivity contribution >= 4 is 17.4 Å². The monoisotopic (exact) mass is 688 g/mol. The van der Waals surface area contributed by atoms with E-state index < -0.39 is 5.41 Å². The highest BCUT2D eigenvalue weighted by Gasteiger charge is 2.70. The number of nitrogens with two attached hydrogens (primary N) is 2. The van der Waals surface area contributed by atoms with Crippen LogP contribution in [0.25, 0.3) is 5.57 Å². The first-order valence-corrected chi connectivity index (χ1v) is 19.7. The molecule has 2 aromatic carbocycles. The predicted octanol–water partition coefficient (Wildman–Crippen LogP) is 9.54. The summed E-state index contributed by atoms with van der Waals surface area (Å²) in [6.45, 7) is 18.4. The Labute approximate surface area is 305 Å². The number of carbonyl (C=O) groups excluding carboxylic acids is 1. The Morgan fingerprint density at radius 3 is 2.37 bits per heavy atom. The molecule has 5 aliphatic rings. The number of nitrogen functional groups attached to an aromatic ring is 1. The number of aromatic nitrogens is 2. The first-order valence-electron chi connectivity index (χ1n) is 19.7. The number of rotatable bonds is 5. The molecule has 51 heavy (non-hydrogen) atoms. The molecule has 272 valence electrons. The zero-order valence-electron chi connectivity index (χ0n) is 32.1. The van der Waals surface area contributed by atoms with Gasteiger partial charge < -0.3 is 16.2 Å². The normalized spacial score (nSPS) is 36.2. The van der Waals surface area contributed by atoms with Crippen LogP contribution in [-0.2, 0) is 34.5 Å². The smallest absolute Gasteiger partial charge is 0.313 e. The third kappa shape index (κ3) is 4.90. The molecule has 5 aliphatic carbocycles. The van der Waals surface area contributed by atoms with Gasteiger partial charge in [0.25, 0.3) is 0 Å². The maximum atomic E-state index is 14.8. The number of hydrogen-bond donors (Lipinski definition) is 3. The zero-order chi connectivity index (χ0) is 36.2. The minimum atomic E-state index is -0.521. The first kappa shape index (κ1) is 34.7. The van der Waals surface area contributed by atoms with Crippen LogP contribution < -0.4 is 11.5 Å². The van der Waals surface area contributed by atoms with Gasteiger partial charge in [0.15, 0.2) is 0 Å². The highest BCUT2D eigenvalue weighted by molar-refractivity contribution is 5.82. The maximum Gasteiger partial charge on any atom is 0.313 e. The van der Waals surface area contributed by atoms with Gasteiger partial charge in [0.1, 0.15) is 12.4 Å². The van der Waals surface area contributed by atoms with E-state index in [1.54, 1.807) is 5.57 Å². The second-order valence-corrected chi connectivity index (χ2v) is 19.4. The second kappa shape index (κ2) is 11.6. The summed E-state index contributed by atoms with van der Waals surface area (Å²) in [7, 11) is 0. The number of anilines is 1. The van der Waals surface area contributed by atoms with Crippen molar-refractivity contribution in [3.63, 3.8) is 0 Å². The van der Waals surface area contributed by atoms with Crippen molar-refractivity contribution in [2.24, 2.45) is 50.6 Å². The largest absolute Gasteiger partial charge is 0.460 e. The predicted molar refractivity (Wildman–Crippen MR) is 205 cm³/mol. The summed E-state index contributed by atoms with van der Waals surface area (Å²) in [5.74, 6) is 1.74. The van der Waals surface area contributed by atoms with E-state index in [0.717, 1.165) is 56.1 Å². The maximum absolute atomic E-state index is 14.8. The van der Waals surface area contributed by atoms with Crippen molar-refractivity contribution in [1.82, 2.24) is 10.2 Å². The standard InChI is InChI=1S/C45H60N4O2/c1-40(2)18-20-45(39(50)51-27-28-12-9-8-10-13-28)21-19-44(7)36(33(45)25-40)31(30-15-11-14-29(22-30)26-46)23-35-42(5)24-32-37(48-49-38(32)47)41(3,4)34(42)16-17-43(35,44)6/h8-15,22,33-35H,16-21,23-27,46H2,1-7H3,(H3,47,48,49)/t33?,34?,35?,42-,43+,44+,45-/m0/s1. The van der Waals surface area contributed by atoms with Crippen LogP contribution in [0.5, 0.6) is 0 Å². The lowest BCUT2D eigenvalue weighted by molar-refractivity contribution is -0.181. The van der Waals surface area contributed by atoms with Gasteiger partial charge in [0, 0.05) is 23.2 Å². The molecule has 3 aromatic rings. The van der Waals surface area contributed by atoms with Gasteiger partial charge in [-0.15, -0.1) is 0 Å². The van der Waals surface area contributed by atoms with Gasteiger partial charge in [-0.2, -0.15) is 5.10 Å². The number of H-pyrrole nitrogens is 1. The van der Waals surface area contributed by atoms with Gasteiger partial charge in [-0.3, -0.25) is 9.89 Å². The Kier molecular flexibility index (Phi) is 7.86. The minimum absolute atomic E-state index is 0.0106. The number of carbonyl (C=O) groups is 1. The topological polar surface area (TPSA) is 107 Å². The van der Waals surface area contributed by atoms with Crippen LogP contribution in [-0.4, -0.2) is 16.2 Å². The second-order valence-electron chi connectivity index (χ2n) is 19.4. The lowest BCUT2D eigenvalue weighted by atomic mass is 9.33. The molecule has 0 saturated heterocycles. The molecular formula is C45H60N4O2. The van der Waals surface area contributed by atoms with Gasteiger partial charge in [-0.1, -0.05) is 109 Å². The lowest BCUT2D eigenvalue weighted by Gasteiger charge is -2.71. The molecule has 7 atom stereocenters. The molecular weight excluding hydrogens is 629 g/mol. The average molecular weight is 689 g/mol. The Hall–Kier alpha value is -3.38. The number of aromatic amines is 1. The Bertz CT molecular complexity index is 1890. The van der Waals surface area contributed by atoms with Crippen LogP contribution in [0.15, 0.2) is 60.2 Å². The van der Waals surface area contributed by atoms with Crippen molar-refractivity contribution in [2.45, 2.75) is 125 Å². The number of ether oxygens (including phenoxy) is 1. The van der Waals surface area contributed by atoms with Crippen LogP contribution in [0, 0.1) is 44.8 Å². The Morgan fingerprint density at radius 1 is 0.902 bits per heavy atom.